The quantitative estimate of drug-likeness (QED) is 0.800. The maximum absolute atomic E-state index is 11.6. The van der Waals surface area contributed by atoms with Gasteiger partial charge in [0.05, 0.1) is 4.83 Å². The first-order valence-corrected chi connectivity index (χ1v) is 7.28. The number of hydrogen-bond acceptors (Lipinski definition) is 2. The maximum atomic E-state index is 11.6. The molecule has 0 spiro atoms. The first-order valence-electron chi connectivity index (χ1n) is 6.36. The minimum absolute atomic E-state index is 0.0561. The number of likely N-dealkylation sites (tertiary alicyclic amines) is 1. The van der Waals surface area contributed by atoms with Gasteiger partial charge in [-0.05, 0) is 18.5 Å². The normalized spacial score (nSPS) is 22.3. The van der Waals surface area contributed by atoms with Gasteiger partial charge in [-0.15, -0.1) is 0 Å². The fraction of sp³-hybridized carbons (Fsp3) is 0.400. The van der Waals surface area contributed by atoms with Gasteiger partial charge in [-0.25, -0.2) is 0 Å². The molecule has 0 aliphatic carbocycles. The predicted octanol–water partition coefficient (Wildman–Crippen LogP) is 3.13. The highest BCUT2D eigenvalue weighted by Crippen LogP contribution is 2.14. The van der Waals surface area contributed by atoms with Gasteiger partial charge in [-0.3, -0.25) is 9.69 Å². The zero-order valence-corrected chi connectivity index (χ0v) is 12.0. The van der Waals surface area contributed by atoms with E-state index in [0.717, 1.165) is 26.1 Å². The lowest BCUT2D eigenvalue weighted by Crippen LogP contribution is -2.24. The van der Waals surface area contributed by atoms with E-state index in [0.29, 0.717) is 12.2 Å². The lowest BCUT2D eigenvalue weighted by atomic mass is 10.2. The molecule has 1 unspecified atom stereocenters. The number of carbonyl (C=O) groups excluding carboxylic acids is 1. The van der Waals surface area contributed by atoms with Gasteiger partial charge in [0.15, 0.2) is 0 Å². The van der Waals surface area contributed by atoms with Crippen LogP contribution in [-0.4, -0.2) is 35.1 Å². The number of halogens is 1. The third-order valence-electron chi connectivity index (χ3n) is 3.20. The highest BCUT2D eigenvalue weighted by molar-refractivity contribution is 9.10. The number of ketones is 1. The van der Waals surface area contributed by atoms with Crippen LogP contribution in [-0.2, 0) is 4.79 Å². The van der Waals surface area contributed by atoms with Gasteiger partial charge < -0.3 is 0 Å². The summed E-state index contributed by atoms with van der Waals surface area (Å²) in [6, 6.07) is 10.3. The van der Waals surface area contributed by atoms with Gasteiger partial charge in [0, 0.05) is 19.5 Å². The summed E-state index contributed by atoms with van der Waals surface area (Å²) in [7, 11) is 0. The molecule has 1 fully saturated rings. The number of carbonyl (C=O) groups is 1. The van der Waals surface area contributed by atoms with Crippen LogP contribution in [0.1, 0.15) is 18.4 Å². The van der Waals surface area contributed by atoms with Crippen LogP contribution < -0.4 is 0 Å². The van der Waals surface area contributed by atoms with Crippen molar-refractivity contribution >= 4 is 27.8 Å². The third kappa shape index (κ3) is 4.07. The average molecular weight is 308 g/mol. The van der Waals surface area contributed by atoms with Crippen molar-refractivity contribution in [3.05, 3.63) is 42.0 Å². The molecule has 1 atom stereocenters. The van der Waals surface area contributed by atoms with Crippen LogP contribution in [0, 0.1) is 0 Å². The molecule has 1 heterocycles. The largest absolute Gasteiger partial charge is 0.299 e. The van der Waals surface area contributed by atoms with Crippen LogP contribution in [0.4, 0.5) is 0 Å². The standard InChI is InChI=1S/C15H18BrNO/c16-14-8-11-17(12-9-15(14)18)10-4-7-13-5-2-1-3-6-13/h1-7,14H,8-12H2. The Hall–Kier alpha value is -0.930. The molecule has 3 heteroatoms. The number of nitrogens with zero attached hydrogens (tertiary/aromatic N) is 1. The lowest BCUT2D eigenvalue weighted by molar-refractivity contribution is -0.118. The molecule has 1 saturated heterocycles. The first-order chi connectivity index (χ1) is 8.75. The van der Waals surface area contributed by atoms with Crippen LogP contribution in [0.2, 0.25) is 0 Å². The van der Waals surface area contributed by atoms with Gasteiger partial charge in [-0.2, -0.15) is 0 Å². The Morgan fingerprint density at radius 2 is 2.06 bits per heavy atom. The third-order valence-corrected chi connectivity index (χ3v) is 4.16. The summed E-state index contributed by atoms with van der Waals surface area (Å²) < 4.78 is 0. The summed E-state index contributed by atoms with van der Waals surface area (Å²) in [5, 5.41) is 0. The van der Waals surface area contributed by atoms with Crippen molar-refractivity contribution in [2.75, 3.05) is 19.6 Å². The van der Waals surface area contributed by atoms with Gasteiger partial charge >= 0.3 is 0 Å². The Bertz CT molecular complexity index is 416. The van der Waals surface area contributed by atoms with Crippen molar-refractivity contribution in [1.29, 1.82) is 0 Å². The molecule has 0 bridgehead atoms. The van der Waals surface area contributed by atoms with Crippen molar-refractivity contribution in [1.82, 2.24) is 4.90 Å². The second kappa shape index (κ2) is 6.86. The van der Waals surface area contributed by atoms with Gasteiger partial charge in [0.25, 0.3) is 0 Å². The molecule has 1 aliphatic rings. The van der Waals surface area contributed by atoms with E-state index in [2.05, 4.69) is 45.1 Å². The van der Waals surface area contributed by atoms with Crippen LogP contribution in [0.25, 0.3) is 6.08 Å². The van der Waals surface area contributed by atoms with E-state index in [1.807, 2.05) is 18.2 Å². The Morgan fingerprint density at radius 1 is 1.28 bits per heavy atom. The molecule has 0 amide bonds. The van der Waals surface area contributed by atoms with Crippen LogP contribution >= 0.6 is 15.9 Å². The van der Waals surface area contributed by atoms with Gasteiger partial charge in [0.2, 0.25) is 0 Å². The molecule has 1 aromatic carbocycles. The van der Waals surface area contributed by atoms with Gasteiger partial charge in [0.1, 0.15) is 5.78 Å². The zero-order chi connectivity index (χ0) is 12.8. The highest BCUT2D eigenvalue weighted by atomic mass is 79.9. The van der Waals surface area contributed by atoms with E-state index >= 15 is 0 Å². The average Bonchev–Trinajstić information content (AvgIpc) is 2.55. The Kier molecular flexibility index (Phi) is 5.14. The fourth-order valence-electron chi connectivity index (χ4n) is 2.08. The van der Waals surface area contributed by atoms with E-state index in [1.54, 1.807) is 0 Å². The number of alkyl halides is 1. The van der Waals surface area contributed by atoms with Crippen molar-refractivity contribution in [3.63, 3.8) is 0 Å². The SMILES string of the molecule is O=C1CCN(CC=Cc2ccccc2)CCC1Br. The molecule has 1 aliphatic heterocycles. The first kappa shape index (κ1) is 13.5. The molecule has 2 rings (SSSR count). The fourth-order valence-corrected chi connectivity index (χ4v) is 2.51. The van der Waals surface area contributed by atoms with E-state index in [1.165, 1.54) is 5.56 Å². The molecule has 0 aromatic heterocycles. The summed E-state index contributed by atoms with van der Waals surface area (Å²) in [4.78, 5) is 14.0. The summed E-state index contributed by atoms with van der Waals surface area (Å²) in [5.41, 5.74) is 1.22. The summed E-state index contributed by atoms with van der Waals surface area (Å²) >= 11 is 3.44. The van der Waals surface area contributed by atoms with Gasteiger partial charge in [-0.1, -0.05) is 58.4 Å². The zero-order valence-electron chi connectivity index (χ0n) is 10.4. The van der Waals surface area contributed by atoms with Crippen LogP contribution in [0.5, 0.6) is 0 Å². The number of hydrogen-bond donors (Lipinski definition) is 0. The molecule has 96 valence electrons. The van der Waals surface area contributed by atoms with E-state index < -0.39 is 0 Å². The summed E-state index contributed by atoms with van der Waals surface area (Å²) in [6.45, 7) is 2.78. The smallest absolute Gasteiger partial charge is 0.147 e. The molecular formula is C15H18BrNO. The Balaban J connectivity index is 1.83. The van der Waals surface area contributed by atoms with Crippen molar-refractivity contribution in [2.45, 2.75) is 17.7 Å². The second-order valence-corrected chi connectivity index (χ2v) is 5.69. The molecule has 2 nitrogen and oxygen atoms in total. The van der Waals surface area contributed by atoms with E-state index in [4.69, 9.17) is 0 Å². The van der Waals surface area contributed by atoms with Crippen molar-refractivity contribution in [3.8, 4) is 0 Å². The summed E-state index contributed by atoms with van der Waals surface area (Å²) in [6.07, 6.45) is 5.89. The van der Waals surface area contributed by atoms with E-state index in [-0.39, 0.29) is 4.83 Å². The summed E-state index contributed by atoms with van der Waals surface area (Å²) in [5.74, 6) is 0.338. The second-order valence-electron chi connectivity index (χ2n) is 4.59. The number of benzene rings is 1. The molecule has 0 radical (unpaired) electrons. The van der Waals surface area contributed by atoms with Crippen molar-refractivity contribution in [2.24, 2.45) is 0 Å². The van der Waals surface area contributed by atoms with Crippen molar-refractivity contribution < 1.29 is 4.79 Å². The monoisotopic (exact) mass is 307 g/mol. The Labute approximate surface area is 117 Å². The lowest BCUT2D eigenvalue weighted by Gasteiger charge is -2.16. The number of Topliss-reactive ketones (excluding diaryl/α,β-unsaturated/α-hetero) is 1. The maximum Gasteiger partial charge on any atom is 0.147 e. The van der Waals surface area contributed by atoms with Crippen LogP contribution in [0.15, 0.2) is 36.4 Å². The highest BCUT2D eigenvalue weighted by Gasteiger charge is 2.20. The molecule has 0 saturated carbocycles. The Morgan fingerprint density at radius 3 is 2.83 bits per heavy atom. The number of rotatable bonds is 3. The molecular weight excluding hydrogens is 290 g/mol. The molecule has 1 aromatic rings. The molecule has 0 N–H and O–H groups in total. The minimum Gasteiger partial charge on any atom is -0.299 e. The topological polar surface area (TPSA) is 20.3 Å². The minimum atomic E-state index is 0.0561. The van der Waals surface area contributed by atoms with E-state index in [9.17, 15) is 4.79 Å². The predicted molar refractivity (Wildman–Crippen MR) is 78.9 cm³/mol. The van der Waals surface area contributed by atoms with Crippen LogP contribution in [0.3, 0.4) is 0 Å². The molecule has 18 heavy (non-hydrogen) atoms.